The van der Waals surface area contributed by atoms with E-state index in [1.807, 2.05) is 24.3 Å². The molecule has 0 spiro atoms. The topological polar surface area (TPSA) is 87.4 Å². The van der Waals surface area contributed by atoms with Crippen molar-refractivity contribution in [1.29, 1.82) is 0 Å². The van der Waals surface area contributed by atoms with E-state index in [4.69, 9.17) is 16.6 Å². The van der Waals surface area contributed by atoms with Gasteiger partial charge < -0.3 is 14.8 Å². The summed E-state index contributed by atoms with van der Waals surface area (Å²) in [6.45, 7) is 3.84. The summed E-state index contributed by atoms with van der Waals surface area (Å²) >= 11 is 8.65. The maximum absolute atomic E-state index is 12.4. The Morgan fingerprint density at radius 3 is 2.75 bits per heavy atom. The first-order valence-electron chi connectivity index (χ1n) is 9.95. The molecule has 4 rings (SSSR count). The first-order chi connectivity index (χ1) is 15.3. The van der Waals surface area contributed by atoms with Gasteiger partial charge in [-0.05, 0) is 79.2 Å². The zero-order valence-corrected chi connectivity index (χ0v) is 19.8. The summed E-state index contributed by atoms with van der Waals surface area (Å²) in [6.07, 6.45) is 0.894. The van der Waals surface area contributed by atoms with Crippen LogP contribution in [0.3, 0.4) is 0 Å². The number of aromatic hydroxyl groups is 1. The molecule has 0 unspecified atom stereocenters. The first kappa shape index (κ1) is 22.0. The van der Waals surface area contributed by atoms with Crippen molar-refractivity contribution < 1.29 is 14.3 Å². The predicted molar refractivity (Wildman–Crippen MR) is 133 cm³/mol. The van der Waals surface area contributed by atoms with E-state index in [-0.39, 0.29) is 16.8 Å². The van der Waals surface area contributed by atoms with Crippen molar-refractivity contribution in [3.05, 3.63) is 75.8 Å². The molecule has 0 saturated heterocycles. The highest BCUT2D eigenvalue weighted by atomic mass is 79.9. The summed E-state index contributed by atoms with van der Waals surface area (Å²) in [5.74, 6) is 0.0497. The number of fused-ring (bicyclic) bond motifs is 1. The summed E-state index contributed by atoms with van der Waals surface area (Å²) in [5.41, 5.74) is 4.64. The van der Waals surface area contributed by atoms with Crippen LogP contribution in [0.25, 0.3) is 22.6 Å². The Hall–Kier alpha value is -3.23. The minimum atomic E-state index is -0.329. The van der Waals surface area contributed by atoms with E-state index >= 15 is 0 Å². The third kappa shape index (κ3) is 4.66. The number of hydrogen-bond acceptors (Lipinski definition) is 5. The lowest BCUT2D eigenvalue weighted by atomic mass is 10.1. The van der Waals surface area contributed by atoms with Crippen molar-refractivity contribution in [2.45, 2.75) is 20.3 Å². The molecular formula is C24H20BrN3O3S. The van der Waals surface area contributed by atoms with Crippen LogP contribution in [0.1, 0.15) is 28.4 Å². The SMILES string of the molecule is CCc1ccc2oc(-c3cc(NC(=S)NC(=O)c4cccc(Br)c4)cc(C)c3O)nc2c1. The van der Waals surface area contributed by atoms with Gasteiger partial charge in [0.15, 0.2) is 10.7 Å². The maximum Gasteiger partial charge on any atom is 0.257 e. The molecule has 0 aliphatic carbocycles. The highest BCUT2D eigenvalue weighted by molar-refractivity contribution is 9.10. The maximum atomic E-state index is 12.4. The number of halogens is 1. The molecular weight excluding hydrogens is 490 g/mol. The minimum Gasteiger partial charge on any atom is -0.507 e. The lowest BCUT2D eigenvalue weighted by molar-refractivity contribution is 0.0977. The summed E-state index contributed by atoms with van der Waals surface area (Å²) in [5, 5.41) is 16.4. The van der Waals surface area contributed by atoms with Gasteiger partial charge in [0.2, 0.25) is 5.89 Å². The largest absolute Gasteiger partial charge is 0.507 e. The number of thiocarbonyl (C=S) groups is 1. The van der Waals surface area contributed by atoms with E-state index in [2.05, 4.69) is 38.5 Å². The van der Waals surface area contributed by atoms with Crippen LogP contribution < -0.4 is 10.6 Å². The summed E-state index contributed by atoms with van der Waals surface area (Å²) in [7, 11) is 0. The van der Waals surface area contributed by atoms with Crippen LogP contribution in [-0.2, 0) is 6.42 Å². The fourth-order valence-corrected chi connectivity index (χ4v) is 3.90. The van der Waals surface area contributed by atoms with Crippen LogP contribution in [0.15, 0.2) is 63.5 Å². The number of carbonyl (C=O) groups excluding carboxylic acids is 1. The first-order valence-corrected chi connectivity index (χ1v) is 11.2. The third-order valence-electron chi connectivity index (χ3n) is 4.96. The number of oxazole rings is 1. The Morgan fingerprint density at radius 2 is 2.00 bits per heavy atom. The zero-order chi connectivity index (χ0) is 22.8. The molecule has 0 aliphatic rings. The van der Waals surface area contributed by atoms with Crippen LogP contribution >= 0.6 is 28.1 Å². The molecule has 32 heavy (non-hydrogen) atoms. The Morgan fingerprint density at radius 1 is 1.19 bits per heavy atom. The quantitative estimate of drug-likeness (QED) is 0.232. The molecule has 0 bridgehead atoms. The van der Waals surface area contributed by atoms with Crippen molar-refractivity contribution in [3.8, 4) is 17.2 Å². The molecule has 4 aromatic rings. The van der Waals surface area contributed by atoms with Gasteiger partial charge in [0, 0.05) is 15.7 Å². The number of rotatable bonds is 4. The fraction of sp³-hybridized carbons (Fsp3) is 0.125. The molecule has 3 aromatic carbocycles. The lowest BCUT2D eigenvalue weighted by Crippen LogP contribution is -2.34. The Labute approximate surface area is 198 Å². The summed E-state index contributed by atoms with van der Waals surface area (Å²) < 4.78 is 6.68. The molecule has 3 N–H and O–H groups in total. The smallest absolute Gasteiger partial charge is 0.257 e. The normalized spacial score (nSPS) is 10.8. The van der Waals surface area contributed by atoms with Crippen LogP contribution in [-0.4, -0.2) is 21.1 Å². The molecule has 0 atom stereocenters. The van der Waals surface area contributed by atoms with Crippen molar-refractivity contribution in [1.82, 2.24) is 10.3 Å². The second-order valence-electron chi connectivity index (χ2n) is 7.28. The molecule has 162 valence electrons. The monoisotopic (exact) mass is 509 g/mol. The van der Waals surface area contributed by atoms with Crippen molar-refractivity contribution in [3.63, 3.8) is 0 Å². The predicted octanol–water partition coefficient (Wildman–Crippen LogP) is 5.96. The highest BCUT2D eigenvalue weighted by Gasteiger charge is 2.17. The summed E-state index contributed by atoms with van der Waals surface area (Å²) in [6, 6.07) is 16.3. The number of nitrogens with one attached hydrogen (secondary N) is 2. The van der Waals surface area contributed by atoms with E-state index in [1.165, 1.54) is 0 Å². The number of nitrogens with zero attached hydrogens (tertiary/aromatic N) is 1. The van der Waals surface area contributed by atoms with E-state index in [9.17, 15) is 9.90 Å². The van der Waals surface area contributed by atoms with Gasteiger partial charge in [0.1, 0.15) is 11.3 Å². The number of benzene rings is 3. The lowest BCUT2D eigenvalue weighted by Gasteiger charge is -2.12. The van der Waals surface area contributed by atoms with Crippen LogP contribution in [0.5, 0.6) is 5.75 Å². The van der Waals surface area contributed by atoms with Gasteiger partial charge in [-0.15, -0.1) is 0 Å². The van der Waals surface area contributed by atoms with E-state index in [1.54, 1.807) is 37.3 Å². The number of aryl methyl sites for hydroxylation is 2. The molecule has 1 amide bonds. The molecule has 0 radical (unpaired) electrons. The second kappa shape index (κ2) is 9.10. The van der Waals surface area contributed by atoms with Gasteiger partial charge in [-0.1, -0.05) is 35.0 Å². The van der Waals surface area contributed by atoms with Crippen LogP contribution in [0.2, 0.25) is 0 Å². The molecule has 0 aliphatic heterocycles. The van der Waals surface area contributed by atoms with Gasteiger partial charge in [-0.25, -0.2) is 4.98 Å². The summed E-state index contributed by atoms with van der Waals surface area (Å²) in [4.78, 5) is 17.0. The van der Waals surface area contributed by atoms with Crippen molar-refractivity contribution in [2.75, 3.05) is 5.32 Å². The van der Waals surface area contributed by atoms with Gasteiger partial charge in [0.05, 0.1) is 5.56 Å². The standard InChI is InChI=1S/C24H20BrN3O3S/c1-3-14-7-8-20-19(10-14)27-23(31-20)18-12-17(9-13(2)21(18)29)26-24(32)28-22(30)15-5-4-6-16(25)11-15/h4-12,29H,3H2,1-2H3,(H2,26,28,30,32). The van der Waals surface area contributed by atoms with Gasteiger partial charge in [-0.2, -0.15) is 0 Å². The van der Waals surface area contributed by atoms with Crippen LogP contribution in [0, 0.1) is 6.92 Å². The molecule has 0 saturated carbocycles. The Bertz CT molecular complexity index is 1350. The fourth-order valence-electron chi connectivity index (χ4n) is 3.29. The van der Waals surface area contributed by atoms with Crippen molar-refractivity contribution in [2.24, 2.45) is 0 Å². The molecule has 0 fully saturated rings. The number of aromatic nitrogens is 1. The number of carbonyl (C=O) groups is 1. The Kier molecular flexibility index (Phi) is 6.25. The number of amides is 1. The highest BCUT2D eigenvalue weighted by Crippen LogP contribution is 2.36. The number of hydrogen-bond donors (Lipinski definition) is 3. The Balaban J connectivity index is 1.58. The van der Waals surface area contributed by atoms with Crippen molar-refractivity contribution >= 4 is 56.0 Å². The van der Waals surface area contributed by atoms with Gasteiger partial charge >= 0.3 is 0 Å². The number of phenols is 1. The minimum absolute atomic E-state index is 0.0712. The van der Waals surface area contributed by atoms with Gasteiger partial charge in [0.25, 0.3) is 5.91 Å². The second-order valence-corrected chi connectivity index (χ2v) is 8.61. The zero-order valence-electron chi connectivity index (χ0n) is 17.4. The number of anilines is 1. The van der Waals surface area contributed by atoms with Crippen LogP contribution in [0.4, 0.5) is 5.69 Å². The van der Waals surface area contributed by atoms with E-state index in [0.29, 0.717) is 33.9 Å². The van der Waals surface area contributed by atoms with E-state index < -0.39 is 0 Å². The third-order valence-corrected chi connectivity index (χ3v) is 5.66. The average Bonchev–Trinajstić information content (AvgIpc) is 3.19. The average molecular weight is 510 g/mol. The molecule has 6 nitrogen and oxygen atoms in total. The number of phenolic OH excluding ortho intramolecular Hbond substituents is 1. The van der Waals surface area contributed by atoms with Gasteiger partial charge in [-0.3, -0.25) is 10.1 Å². The molecule has 1 heterocycles. The van der Waals surface area contributed by atoms with E-state index in [0.717, 1.165) is 22.0 Å². The molecule has 1 aromatic heterocycles. The molecule has 8 heteroatoms.